The summed E-state index contributed by atoms with van der Waals surface area (Å²) in [6.45, 7) is 4.94. The molecular weight excluding hydrogens is 262 g/mol. The minimum atomic E-state index is -0.878. The minimum absolute atomic E-state index is 0.0589. The molecule has 0 bridgehead atoms. The zero-order chi connectivity index (χ0) is 14.5. The number of aliphatic carboxylic acids is 1. The summed E-state index contributed by atoms with van der Waals surface area (Å²) in [6, 6.07) is 3.47. The van der Waals surface area contributed by atoms with Gasteiger partial charge in [0.05, 0.1) is 19.4 Å². The molecule has 0 atom stereocenters. The summed E-state index contributed by atoms with van der Waals surface area (Å²) in [5.41, 5.74) is 0. The molecule has 0 spiro atoms. The zero-order valence-electron chi connectivity index (χ0n) is 11.4. The molecule has 0 amide bonds. The SMILES string of the molecule is CC(C)CN(CC(=O)O)Cc1nc(-c2ccco2)no1. The molecule has 1 N–H and O–H groups in total. The van der Waals surface area contributed by atoms with E-state index >= 15 is 0 Å². The predicted octanol–water partition coefficient (Wildman–Crippen LogP) is 1.87. The summed E-state index contributed by atoms with van der Waals surface area (Å²) >= 11 is 0. The molecule has 0 aliphatic carbocycles. The summed E-state index contributed by atoms with van der Waals surface area (Å²) in [6.07, 6.45) is 1.53. The quantitative estimate of drug-likeness (QED) is 0.826. The van der Waals surface area contributed by atoms with Gasteiger partial charge in [-0.25, -0.2) is 0 Å². The standard InChI is InChI=1S/C13H17N3O4/c1-9(2)6-16(8-12(17)18)7-11-14-13(15-20-11)10-4-3-5-19-10/h3-5,9H,6-8H2,1-2H3,(H,17,18). The van der Waals surface area contributed by atoms with Crippen molar-refractivity contribution in [1.82, 2.24) is 15.0 Å². The van der Waals surface area contributed by atoms with Crippen molar-refractivity contribution in [2.75, 3.05) is 13.1 Å². The summed E-state index contributed by atoms with van der Waals surface area (Å²) in [5.74, 6) is 0.731. The van der Waals surface area contributed by atoms with E-state index in [4.69, 9.17) is 14.0 Å². The minimum Gasteiger partial charge on any atom is -0.480 e. The van der Waals surface area contributed by atoms with Crippen LogP contribution in [0.15, 0.2) is 27.3 Å². The van der Waals surface area contributed by atoms with Gasteiger partial charge in [0.15, 0.2) is 5.76 Å². The van der Waals surface area contributed by atoms with Gasteiger partial charge in [0.25, 0.3) is 0 Å². The fourth-order valence-electron chi connectivity index (χ4n) is 1.91. The van der Waals surface area contributed by atoms with E-state index in [2.05, 4.69) is 10.1 Å². The molecule has 20 heavy (non-hydrogen) atoms. The molecule has 0 unspecified atom stereocenters. The van der Waals surface area contributed by atoms with Crippen LogP contribution in [0.25, 0.3) is 11.6 Å². The van der Waals surface area contributed by atoms with E-state index in [1.54, 1.807) is 17.0 Å². The van der Waals surface area contributed by atoms with Crippen LogP contribution in [0.3, 0.4) is 0 Å². The number of aromatic nitrogens is 2. The Labute approximate surface area is 116 Å². The average molecular weight is 279 g/mol. The van der Waals surface area contributed by atoms with Gasteiger partial charge in [-0.2, -0.15) is 4.98 Å². The Bertz CT molecular complexity index is 548. The third-order valence-electron chi connectivity index (χ3n) is 2.55. The molecule has 2 aromatic rings. The summed E-state index contributed by atoms with van der Waals surface area (Å²) < 4.78 is 10.3. The first-order chi connectivity index (χ1) is 9.54. The molecule has 0 saturated carbocycles. The van der Waals surface area contributed by atoms with Crippen molar-refractivity contribution >= 4 is 5.97 Å². The number of hydrogen-bond donors (Lipinski definition) is 1. The van der Waals surface area contributed by atoms with E-state index < -0.39 is 5.97 Å². The Morgan fingerprint density at radius 3 is 2.90 bits per heavy atom. The van der Waals surface area contributed by atoms with Crippen molar-refractivity contribution in [2.24, 2.45) is 5.92 Å². The van der Waals surface area contributed by atoms with Crippen molar-refractivity contribution in [2.45, 2.75) is 20.4 Å². The maximum atomic E-state index is 10.9. The number of hydrogen-bond acceptors (Lipinski definition) is 6. The van der Waals surface area contributed by atoms with E-state index in [1.807, 2.05) is 13.8 Å². The highest BCUT2D eigenvalue weighted by atomic mass is 16.5. The van der Waals surface area contributed by atoms with Gasteiger partial charge in [-0.15, -0.1) is 0 Å². The van der Waals surface area contributed by atoms with Gasteiger partial charge in [-0.1, -0.05) is 19.0 Å². The maximum Gasteiger partial charge on any atom is 0.317 e. The normalized spacial score (nSPS) is 11.4. The molecule has 0 radical (unpaired) electrons. The molecule has 0 saturated heterocycles. The van der Waals surface area contributed by atoms with Crippen molar-refractivity contribution < 1.29 is 18.8 Å². The molecule has 7 heteroatoms. The molecule has 7 nitrogen and oxygen atoms in total. The van der Waals surface area contributed by atoms with Crippen LogP contribution in [-0.4, -0.2) is 39.2 Å². The van der Waals surface area contributed by atoms with Gasteiger partial charge in [0, 0.05) is 6.54 Å². The first-order valence-corrected chi connectivity index (χ1v) is 6.35. The van der Waals surface area contributed by atoms with Crippen molar-refractivity contribution in [3.63, 3.8) is 0 Å². The second kappa shape index (κ2) is 6.33. The third kappa shape index (κ3) is 3.92. The molecule has 2 aromatic heterocycles. The highest BCUT2D eigenvalue weighted by molar-refractivity contribution is 5.69. The van der Waals surface area contributed by atoms with Crippen LogP contribution >= 0.6 is 0 Å². The molecule has 108 valence electrons. The van der Waals surface area contributed by atoms with E-state index in [0.29, 0.717) is 36.5 Å². The predicted molar refractivity (Wildman–Crippen MR) is 69.8 cm³/mol. The second-order valence-corrected chi connectivity index (χ2v) is 4.95. The first-order valence-electron chi connectivity index (χ1n) is 6.35. The van der Waals surface area contributed by atoms with Crippen LogP contribution in [0.1, 0.15) is 19.7 Å². The van der Waals surface area contributed by atoms with Crippen molar-refractivity contribution in [3.05, 3.63) is 24.3 Å². The van der Waals surface area contributed by atoms with Crippen LogP contribution in [0.5, 0.6) is 0 Å². The Kier molecular flexibility index (Phi) is 4.52. The van der Waals surface area contributed by atoms with Crippen LogP contribution in [0.4, 0.5) is 0 Å². The number of furan rings is 1. The lowest BCUT2D eigenvalue weighted by atomic mass is 10.2. The number of carboxylic acids is 1. The van der Waals surface area contributed by atoms with E-state index in [0.717, 1.165) is 0 Å². The van der Waals surface area contributed by atoms with Crippen LogP contribution < -0.4 is 0 Å². The molecule has 0 aromatic carbocycles. The van der Waals surface area contributed by atoms with E-state index in [1.165, 1.54) is 6.26 Å². The van der Waals surface area contributed by atoms with Crippen LogP contribution in [-0.2, 0) is 11.3 Å². The topological polar surface area (TPSA) is 92.6 Å². The molecular formula is C13H17N3O4. The maximum absolute atomic E-state index is 10.9. The largest absolute Gasteiger partial charge is 0.480 e. The lowest BCUT2D eigenvalue weighted by Gasteiger charge is -2.20. The van der Waals surface area contributed by atoms with Gasteiger partial charge in [0.1, 0.15) is 0 Å². The molecule has 0 fully saturated rings. The third-order valence-corrected chi connectivity index (χ3v) is 2.55. The number of carboxylic acid groups (broad SMARTS) is 1. The zero-order valence-corrected chi connectivity index (χ0v) is 11.4. The highest BCUT2D eigenvalue weighted by Crippen LogP contribution is 2.16. The lowest BCUT2D eigenvalue weighted by molar-refractivity contribution is -0.138. The second-order valence-electron chi connectivity index (χ2n) is 4.95. The average Bonchev–Trinajstić information content (AvgIpc) is 2.95. The van der Waals surface area contributed by atoms with Crippen LogP contribution in [0.2, 0.25) is 0 Å². The smallest absolute Gasteiger partial charge is 0.317 e. The fourth-order valence-corrected chi connectivity index (χ4v) is 1.91. The molecule has 2 heterocycles. The summed E-state index contributed by atoms with van der Waals surface area (Å²) in [5, 5.41) is 12.7. The van der Waals surface area contributed by atoms with Gasteiger partial charge < -0.3 is 14.0 Å². The Balaban J connectivity index is 2.04. The van der Waals surface area contributed by atoms with Gasteiger partial charge >= 0.3 is 5.97 Å². The van der Waals surface area contributed by atoms with Gasteiger partial charge in [-0.05, 0) is 18.1 Å². The van der Waals surface area contributed by atoms with Crippen molar-refractivity contribution in [1.29, 1.82) is 0 Å². The Morgan fingerprint density at radius 2 is 2.30 bits per heavy atom. The van der Waals surface area contributed by atoms with E-state index in [9.17, 15) is 4.79 Å². The van der Waals surface area contributed by atoms with Gasteiger partial charge in [0.2, 0.25) is 11.7 Å². The monoisotopic (exact) mass is 279 g/mol. The number of nitrogens with zero attached hydrogens (tertiary/aromatic N) is 3. The fraction of sp³-hybridized carbons (Fsp3) is 0.462. The lowest BCUT2D eigenvalue weighted by Crippen LogP contribution is -2.32. The Morgan fingerprint density at radius 1 is 1.50 bits per heavy atom. The van der Waals surface area contributed by atoms with Crippen LogP contribution in [0, 0.1) is 5.92 Å². The highest BCUT2D eigenvalue weighted by Gasteiger charge is 2.17. The summed E-state index contributed by atoms with van der Waals surface area (Å²) in [4.78, 5) is 16.8. The Hall–Kier alpha value is -2.15. The van der Waals surface area contributed by atoms with E-state index in [-0.39, 0.29) is 6.54 Å². The number of carbonyl (C=O) groups is 1. The molecule has 0 aliphatic heterocycles. The van der Waals surface area contributed by atoms with Crippen molar-refractivity contribution in [3.8, 4) is 11.6 Å². The first kappa shape index (κ1) is 14.3. The van der Waals surface area contributed by atoms with Gasteiger partial charge in [-0.3, -0.25) is 9.69 Å². The molecule has 0 aliphatic rings. The molecule has 2 rings (SSSR count). The summed E-state index contributed by atoms with van der Waals surface area (Å²) in [7, 11) is 0. The number of rotatable bonds is 7.